The van der Waals surface area contributed by atoms with E-state index in [9.17, 15) is 13.2 Å². The Morgan fingerprint density at radius 2 is 1.72 bits per heavy atom. The first-order chi connectivity index (χ1) is 11.8. The van der Waals surface area contributed by atoms with Crippen LogP contribution in [0.15, 0.2) is 47.4 Å². The predicted octanol–water partition coefficient (Wildman–Crippen LogP) is 1.84. The number of benzene rings is 2. The molecule has 0 aliphatic rings. The second-order valence-electron chi connectivity index (χ2n) is 5.37. The maximum atomic E-state index is 12.4. The van der Waals surface area contributed by atoms with Crippen molar-refractivity contribution in [1.29, 1.82) is 0 Å². The fourth-order valence-corrected chi connectivity index (χ4v) is 2.85. The van der Waals surface area contributed by atoms with Crippen LogP contribution in [-0.4, -0.2) is 28.5 Å². The number of sulfonamides is 1. The van der Waals surface area contributed by atoms with Crippen LogP contribution in [0.3, 0.4) is 0 Å². The minimum absolute atomic E-state index is 0.0495. The smallest absolute Gasteiger partial charge is 0.251 e. The number of hydrogen-bond donors (Lipinski definition) is 2. The third-order valence-corrected chi connectivity index (χ3v) is 4.63. The minimum Gasteiger partial charge on any atom is -0.497 e. The molecule has 1 unspecified atom stereocenters. The van der Waals surface area contributed by atoms with Crippen LogP contribution in [0.5, 0.6) is 11.5 Å². The topological polar surface area (TPSA) is 108 Å². The molecule has 7 nitrogen and oxygen atoms in total. The van der Waals surface area contributed by atoms with E-state index >= 15 is 0 Å². The third kappa shape index (κ3) is 4.49. The van der Waals surface area contributed by atoms with Gasteiger partial charge in [-0.3, -0.25) is 4.79 Å². The molecule has 25 heavy (non-hydrogen) atoms. The summed E-state index contributed by atoms with van der Waals surface area (Å²) < 4.78 is 33.0. The highest BCUT2D eigenvalue weighted by Gasteiger charge is 2.17. The number of amides is 1. The molecule has 1 atom stereocenters. The van der Waals surface area contributed by atoms with Crippen molar-refractivity contribution in [3.05, 3.63) is 53.6 Å². The van der Waals surface area contributed by atoms with E-state index in [0.29, 0.717) is 17.1 Å². The number of carbonyl (C=O) groups is 1. The van der Waals surface area contributed by atoms with E-state index in [1.807, 2.05) is 6.92 Å². The molecular weight excluding hydrogens is 344 g/mol. The molecule has 8 heteroatoms. The van der Waals surface area contributed by atoms with Gasteiger partial charge < -0.3 is 14.8 Å². The van der Waals surface area contributed by atoms with E-state index in [4.69, 9.17) is 14.6 Å². The molecule has 3 N–H and O–H groups in total. The fraction of sp³-hybridized carbons (Fsp3) is 0.235. The van der Waals surface area contributed by atoms with Gasteiger partial charge in [-0.15, -0.1) is 0 Å². The van der Waals surface area contributed by atoms with E-state index in [-0.39, 0.29) is 16.8 Å². The van der Waals surface area contributed by atoms with Crippen LogP contribution in [-0.2, 0) is 10.0 Å². The van der Waals surface area contributed by atoms with E-state index in [1.165, 1.54) is 24.3 Å². The summed E-state index contributed by atoms with van der Waals surface area (Å²) in [5.74, 6) is 0.922. The number of hydrogen-bond acceptors (Lipinski definition) is 5. The Bertz CT molecular complexity index is 863. The van der Waals surface area contributed by atoms with Crippen molar-refractivity contribution >= 4 is 15.9 Å². The molecule has 2 aromatic rings. The molecule has 0 heterocycles. The molecule has 0 saturated carbocycles. The Morgan fingerprint density at radius 3 is 2.24 bits per heavy atom. The summed E-state index contributed by atoms with van der Waals surface area (Å²) in [5, 5.41) is 7.89. The Kier molecular flexibility index (Phi) is 5.66. The van der Waals surface area contributed by atoms with Crippen LogP contribution in [0.1, 0.15) is 28.9 Å². The number of nitrogens with two attached hydrogens (primary N) is 1. The number of rotatable bonds is 6. The number of methoxy groups -OCH3 is 2. The molecule has 0 fully saturated rings. The fourth-order valence-electron chi connectivity index (χ4n) is 2.33. The summed E-state index contributed by atoms with van der Waals surface area (Å²) in [7, 11) is -0.685. The highest BCUT2D eigenvalue weighted by Crippen LogP contribution is 2.29. The molecular formula is C17H20N2O5S. The van der Waals surface area contributed by atoms with Crippen molar-refractivity contribution in [2.75, 3.05) is 14.2 Å². The standard InChI is InChI=1S/C17H20N2O5S/c1-11(15-10-13(23-2)6-9-16(15)24-3)19-17(20)12-4-7-14(8-5-12)25(18,21)22/h4-11H,1-3H3,(H,19,20)(H2,18,21,22). The lowest BCUT2D eigenvalue weighted by atomic mass is 10.1. The van der Waals surface area contributed by atoms with Crippen LogP contribution in [0, 0.1) is 0 Å². The summed E-state index contributed by atoms with van der Waals surface area (Å²) >= 11 is 0. The lowest BCUT2D eigenvalue weighted by Gasteiger charge is -2.18. The van der Waals surface area contributed by atoms with Crippen LogP contribution >= 0.6 is 0 Å². The molecule has 0 saturated heterocycles. The van der Waals surface area contributed by atoms with Gasteiger partial charge in [0.05, 0.1) is 25.2 Å². The lowest BCUT2D eigenvalue weighted by molar-refractivity contribution is 0.0939. The zero-order valence-corrected chi connectivity index (χ0v) is 15.0. The largest absolute Gasteiger partial charge is 0.497 e. The van der Waals surface area contributed by atoms with Crippen molar-refractivity contribution in [3.63, 3.8) is 0 Å². The van der Waals surface area contributed by atoms with Crippen LogP contribution in [0.2, 0.25) is 0 Å². The first-order valence-electron chi connectivity index (χ1n) is 7.42. The molecule has 0 aromatic heterocycles. The Morgan fingerprint density at radius 1 is 1.08 bits per heavy atom. The van der Waals surface area contributed by atoms with Gasteiger partial charge in [0, 0.05) is 11.1 Å². The third-order valence-electron chi connectivity index (χ3n) is 3.70. The van der Waals surface area contributed by atoms with Crippen molar-refractivity contribution in [2.45, 2.75) is 17.9 Å². The van der Waals surface area contributed by atoms with Gasteiger partial charge in [0.2, 0.25) is 10.0 Å². The summed E-state index contributed by atoms with van der Waals surface area (Å²) in [6.07, 6.45) is 0. The molecule has 2 aromatic carbocycles. The molecule has 0 aliphatic heterocycles. The van der Waals surface area contributed by atoms with Gasteiger partial charge >= 0.3 is 0 Å². The number of carbonyl (C=O) groups excluding carboxylic acids is 1. The number of nitrogens with one attached hydrogen (secondary N) is 1. The zero-order valence-electron chi connectivity index (χ0n) is 14.1. The van der Waals surface area contributed by atoms with E-state index in [1.54, 1.807) is 32.4 Å². The second kappa shape index (κ2) is 7.54. The van der Waals surface area contributed by atoms with Crippen molar-refractivity contribution in [1.82, 2.24) is 5.32 Å². The van der Waals surface area contributed by atoms with Gasteiger partial charge in [0.1, 0.15) is 11.5 Å². The zero-order chi connectivity index (χ0) is 18.6. The van der Waals surface area contributed by atoms with Gasteiger partial charge in [-0.2, -0.15) is 0 Å². The van der Waals surface area contributed by atoms with Gasteiger partial charge in [-0.25, -0.2) is 13.6 Å². The first kappa shape index (κ1) is 18.8. The van der Waals surface area contributed by atoms with Crippen LogP contribution in [0.25, 0.3) is 0 Å². The lowest BCUT2D eigenvalue weighted by Crippen LogP contribution is -2.27. The van der Waals surface area contributed by atoms with Gasteiger partial charge in [0.15, 0.2) is 0 Å². The predicted molar refractivity (Wildman–Crippen MR) is 93.2 cm³/mol. The maximum Gasteiger partial charge on any atom is 0.251 e. The number of ether oxygens (including phenoxy) is 2. The van der Waals surface area contributed by atoms with Crippen molar-refractivity contribution < 1.29 is 22.7 Å². The van der Waals surface area contributed by atoms with Gasteiger partial charge in [-0.1, -0.05) is 0 Å². The van der Waals surface area contributed by atoms with Crippen molar-refractivity contribution in [2.24, 2.45) is 5.14 Å². The molecule has 0 aliphatic carbocycles. The SMILES string of the molecule is COc1ccc(OC)c(C(C)NC(=O)c2ccc(S(N)(=O)=O)cc2)c1. The maximum absolute atomic E-state index is 12.4. The molecule has 1 amide bonds. The average Bonchev–Trinajstić information content (AvgIpc) is 2.60. The highest BCUT2D eigenvalue weighted by atomic mass is 32.2. The van der Waals surface area contributed by atoms with Gasteiger partial charge in [-0.05, 0) is 49.4 Å². The number of primary sulfonamides is 1. The molecule has 134 valence electrons. The molecule has 0 spiro atoms. The van der Waals surface area contributed by atoms with Gasteiger partial charge in [0.25, 0.3) is 5.91 Å². The molecule has 2 rings (SSSR count). The second-order valence-corrected chi connectivity index (χ2v) is 6.93. The Hall–Kier alpha value is -2.58. The van der Waals surface area contributed by atoms with E-state index in [2.05, 4.69) is 5.32 Å². The quantitative estimate of drug-likeness (QED) is 0.813. The summed E-state index contributed by atoms with van der Waals surface area (Å²) in [6.45, 7) is 1.81. The first-order valence-corrected chi connectivity index (χ1v) is 8.96. The van der Waals surface area contributed by atoms with E-state index < -0.39 is 10.0 Å². The highest BCUT2D eigenvalue weighted by molar-refractivity contribution is 7.89. The monoisotopic (exact) mass is 364 g/mol. The Balaban J connectivity index is 2.20. The van der Waals surface area contributed by atoms with Crippen LogP contribution in [0.4, 0.5) is 0 Å². The average molecular weight is 364 g/mol. The normalized spacial score (nSPS) is 12.3. The minimum atomic E-state index is -3.79. The van der Waals surface area contributed by atoms with Crippen molar-refractivity contribution in [3.8, 4) is 11.5 Å². The van der Waals surface area contributed by atoms with E-state index in [0.717, 1.165) is 5.56 Å². The summed E-state index contributed by atoms with van der Waals surface area (Å²) in [6, 6.07) is 10.4. The summed E-state index contributed by atoms with van der Waals surface area (Å²) in [5.41, 5.74) is 1.08. The van der Waals surface area contributed by atoms with Crippen LogP contribution < -0.4 is 19.9 Å². The Labute approximate surface area is 146 Å². The summed E-state index contributed by atoms with van der Waals surface area (Å²) in [4.78, 5) is 12.3. The molecule has 0 bridgehead atoms. The molecule has 0 radical (unpaired) electrons.